The van der Waals surface area contributed by atoms with Crippen molar-refractivity contribution in [3.05, 3.63) is 53.4 Å². The van der Waals surface area contributed by atoms with Crippen LogP contribution >= 0.6 is 0 Å². The number of halogens is 2. The molecule has 0 aliphatic heterocycles. The second-order valence-electron chi connectivity index (χ2n) is 4.14. The molecule has 1 aromatic heterocycles. The number of nitrogens with zero attached hydrogens (tertiary/aromatic N) is 1. The summed E-state index contributed by atoms with van der Waals surface area (Å²) in [6.45, 7) is 2.33. The van der Waals surface area contributed by atoms with Crippen molar-refractivity contribution < 1.29 is 13.5 Å². The van der Waals surface area contributed by atoms with E-state index in [1.54, 1.807) is 26.2 Å². The van der Waals surface area contributed by atoms with Gasteiger partial charge in [-0.2, -0.15) is 0 Å². The van der Waals surface area contributed by atoms with E-state index >= 15 is 0 Å². The fourth-order valence-corrected chi connectivity index (χ4v) is 1.66. The van der Waals surface area contributed by atoms with Gasteiger partial charge in [-0.1, -0.05) is 0 Å². The van der Waals surface area contributed by atoms with Crippen LogP contribution in [0.25, 0.3) is 0 Å². The standard InChI is InChI=1S/C14H14F2N2O/c1-9-5-13(10(7-17-2)8-18-9)19-14-6-11(15)3-4-12(14)16/h3-6,8,17H,7H2,1-2H3. The Hall–Kier alpha value is -2.01. The third-order valence-electron chi connectivity index (χ3n) is 2.56. The number of rotatable bonds is 4. The van der Waals surface area contributed by atoms with E-state index in [-0.39, 0.29) is 5.75 Å². The van der Waals surface area contributed by atoms with Crippen LogP contribution in [-0.2, 0) is 6.54 Å². The summed E-state index contributed by atoms with van der Waals surface area (Å²) in [6, 6.07) is 4.80. The van der Waals surface area contributed by atoms with Crippen LogP contribution in [0, 0.1) is 18.6 Å². The van der Waals surface area contributed by atoms with Crippen molar-refractivity contribution in [2.75, 3.05) is 7.05 Å². The highest BCUT2D eigenvalue weighted by Gasteiger charge is 2.10. The van der Waals surface area contributed by atoms with Crippen molar-refractivity contribution in [2.45, 2.75) is 13.5 Å². The number of hydrogen-bond acceptors (Lipinski definition) is 3. The smallest absolute Gasteiger partial charge is 0.165 e. The van der Waals surface area contributed by atoms with Crippen LogP contribution in [-0.4, -0.2) is 12.0 Å². The fourth-order valence-electron chi connectivity index (χ4n) is 1.66. The summed E-state index contributed by atoms with van der Waals surface area (Å²) in [6.07, 6.45) is 1.65. The van der Waals surface area contributed by atoms with Crippen molar-refractivity contribution in [3.63, 3.8) is 0 Å². The molecule has 0 fully saturated rings. The zero-order valence-corrected chi connectivity index (χ0v) is 10.7. The molecule has 0 bridgehead atoms. The number of hydrogen-bond donors (Lipinski definition) is 1. The molecule has 0 saturated heterocycles. The number of benzene rings is 1. The van der Waals surface area contributed by atoms with Crippen LogP contribution in [0.4, 0.5) is 8.78 Å². The largest absolute Gasteiger partial charge is 0.454 e. The lowest BCUT2D eigenvalue weighted by Gasteiger charge is -2.12. The lowest BCUT2D eigenvalue weighted by Crippen LogP contribution is -2.07. The second-order valence-corrected chi connectivity index (χ2v) is 4.14. The third kappa shape index (κ3) is 3.26. The molecule has 2 rings (SSSR count). The van der Waals surface area contributed by atoms with Crippen molar-refractivity contribution in [1.29, 1.82) is 0 Å². The summed E-state index contributed by atoms with van der Waals surface area (Å²) in [5.74, 6) is -0.821. The minimum Gasteiger partial charge on any atom is -0.454 e. The van der Waals surface area contributed by atoms with E-state index < -0.39 is 11.6 Å². The van der Waals surface area contributed by atoms with Gasteiger partial charge in [0.05, 0.1) is 0 Å². The normalized spacial score (nSPS) is 10.5. The Morgan fingerprint density at radius 1 is 1.21 bits per heavy atom. The van der Waals surface area contributed by atoms with Crippen LogP contribution in [0.15, 0.2) is 30.5 Å². The summed E-state index contributed by atoms with van der Waals surface area (Å²) >= 11 is 0. The molecule has 5 heteroatoms. The summed E-state index contributed by atoms with van der Waals surface area (Å²) < 4.78 is 32.1. The maximum absolute atomic E-state index is 13.6. The summed E-state index contributed by atoms with van der Waals surface area (Å²) in [7, 11) is 1.78. The molecular formula is C14H14F2N2O. The van der Waals surface area contributed by atoms with E-state index in [4.69, 9.17) is 4.74 Å². The average Bonchev–Trinajstić information content (AvgIpc) is 2.37. The maximum Gasteiger partial charge on any atom is 0.165 e. The first-order chi connectivity index (χ1) is 9.10. The number of ether oxygens (including phenoxy) is 1. The molecule has 0 aliphatic carbocycles. The molecule has 100 valence electrons. The van der Waals surface area contributed by atoms with Crippen molar-refractivity contribution in [1.82, 2.24) is 10.3 Å². The first kappa shape index (κ1) is 13.4. The van der Waals surface area contributed by atoms with Gasteiger partial charge in [-0.3, -0.25) is 4.98 Å². The molecule has 0 saturated carbocycles. The minimum absolute atomic E-state index is 0.136. The van der Waals surface area contributed by atoms with Crippen LogP contribution in [0.2, 0.25) is 0 Å². The van der Waals surface area contributed by atoms with Gasteiger partial charge in [0.1, 0.15) is 11.6 Å². The molecular weight excluding hydrogens is 250 g/mol. The average molecular weight is 264 g/mol. The van der Waals surface area contributed by atoms with Crippen molar-refractivity contribution >= 4 is 0 Å². The molecule has 0 radical (unpaired) electrons. The molecule has 0 spiro atoms. The Labute approximate surface area is 110 Å². The minimum atomic E-state index is -0.605. The summed E-state index contributed by atoms with van der Waals surface area (Å²) in [5.41, 5.74) is 1.52. The van der Waals surface area contributed by atoms with Gasteiger partial charge in [0.25, 0.3) is 0 Å². The van der Waals surface area contributed by atoms with Gasteiger partial charge in [-0.15, -0.1) is 0 Å². The van der Waals surface area contributed by atoms with Crippen molar-refractivity contribution in [3.8, 4) is 11.5 Å². The molecule has 3 nitrogen and oxygen atoms in total. The lowest BCUT2D eigenvalue weighted by atomic mass is 10.2. The SMILES string of the molecule is CNCc1cnc(C)cc1Oc1cc(F)ccc1F. The number of pyridine rings is 1. The van der Waals surface area contributed by atoms with Gasteiger partial charge in [0, 0.05) is 36.1 Å². The zero-order valence-electron chi connectivity index (χ0n) is 10.7. The molecule has 19 heavy (non-hydrogen) atoms. The molecule has 0 amide bonds. The van der Waals surface area contributed by atoms with Crippen LogP contribution in [0.5, 0.6) is 11.5 Å². The van der Waals surface area contributed by atoms with Gasteiger partial charge in [0.2, 0.25) is 0 Å². The first-order valence-corrected chi connectivity index (χ1v) is 5.83. The predicted molar refractivity (Wildman–Crippen MR) is 68.2 cm³/mol. The Balaban J connectivity index is 2.36. The van der Waals surface area contributed by atoms with Gasteiger partial charge in [-0.25, -0.2) is 8.78 Å². The van der Waals surface area contributed by atoms with E-state index in [1.807, 2.05) is 0 Å². The number of aromatic nitrogens is 1. The van der Waals surface area contributed by atoms with Gasteiger partial charge < -0.3 is 10.1 Å². The Bertz CT molecular complexity index is 588. The Morgan fingerprint density at radius 3 is 2.74 bits per heavy atom. The zero-order chi connectivity index (χ0) is 13.8. The fraction of sp³-hybridized carbons (Fsp3) is 0.214. The van der Waals surface area contributed by atoms with Crippen LogP contribution in [0.3, 0.4) is 0 Å². The van der Waals surface area contributed by atoms with Gasteiger partial charge >= 0.3 is 0 Å². The first-order valence-electron chi connectivity index (χ1n) is 5.83. The van der Waals surface area contributed by atoms with E-state index in [0.717, 1.165) is 29.5 Å². The summed E-state index contributed by atoms with van der Waals surface area (Å²) in [5, 5.41) is 2.97. The molecule has 0 aliphatic rings. The van der Waals surface area contributed by atoms with Crippen molar-refractivity contribution in [2.24, 2.45) is 0 Å². The Morgan fingerprint density at radius 2 is 2.00 bits per heavy atom. The third-order valence-corrected chi connectivity index (χ3v) is 2.56. The molecule has 0 atom stereocenters. The topological polar surface area (TPSA) is 34.2 Å². The Kier molecular flexibility index (Phi) is 4.06. The molecule has 0 unspecified atom stereocenters. The number of aryl methyl sites for hydroxylation is 1. The molecule has 1 heterocycles. The molecule has 1 aromatic carbocycles. The summed E-state index contributed by atoms with van der Waals surface area (Å²) in [4.78, 5) is 4.15. The van der Waals surface area contributed by atoms with Gasteiger partial charge in [-0.05, 0) is 26.1 Å². The maximum atomic E-state index is 13.6. The second kappa shape index (κ2) is 5.75. The predicted octanol–water partition coefficient (Wildman–Crippen LogP) is 3.18. The van der Waals surface area contributed by atoms with Gasteiger partial charge in [0.15, 0.2) is 11.6 Å². The monoisotopic (exact) mass is 264 g/mol. The van der Waals surface area contributed by atoms with E-state index in [9.17, 15) is 8.78 Å². The highest BCUT2D eigenvalue weighted by molar-refractivity contribution is 5.38. The van der Waals surface area contributed by atoms with Crippen LogP contribution < -0.4 is 10.1 Å². The molecule has 2 aromatic rings. The van der Waals surface area contributed by atoms with E-state index in [2.05, 4.69) is 10.3 Å². The quantitative estimate of drug-likeness (QED) is 0.921. The van der Waals surface area contributed by atoms with E-state index in [0.29, 0.717) is 12.3 Å². The van der Waals surface area contributed by atoms with E-state index in [1.165, 1.54) is 0 Å². The highest BCUT2D eigenvalue weighted by atomic mass is 19.1. The highest BCUT2D eigenvalue weighted by Crippen LogP contribution is 2.28. The lowest BCUT2D eigenvalue weighted by molar-refractivity contribution is 0.430. The number of nitrogens with one attached hydrogen (secondary N) is 1. The molecule has 1 N–H and O–H groups in total. The van der Waals surface area contributed by atoms with Crippen LogP contribution in [0.1, 0.15) is 11.3 Å².